The van der Waals surface area contributed by atoms with Crippen molar-refractivity contribution < 1.29 is 9.59 Å². The van der Waals surface area contributed by atoms with Crippen molar-refractivity contribution >= 4 is 11.8 Å². The van der Waals surface area contributed by atoms with E-state index < -0.39 is 11.9 Å². The molecule has 2 amide bonds. The lowest BCUT2D eigenvalue weighted by Crippen LogP contribution is -2.58. The highest BCUT2D eigenvalue weighted by atomic mass is 16.2. The van der Waals surface area contributed by atoms with Gasteiger partial charge in [-0.25, -0.2) is 0 Å². The second kappa shape index (κ2) is 6.33. The van der Waals surface area contributed by atoms with Crippen LogP contribution >= 0.6 is 0 Å². The smallest absolute Gasteiger partial charge is 0.241 e. The van der Waals surface area contributed by atoms with Gasteiger partial charge in [-0.05, 0) is 12.0 Å². The molecule has 5 heteroatoms. The van der Waals surface area contributed by atoms with E-state index >= 15 is 0 Å². The second-order valence-electron chi connectivity index (χ2n) is 4.55. The third kappa shape index (κ3) is 3.54. The number of rotatable bonds is 4. The lowest BCUT2D eigenvalue weighted by Gasteiger charge is -2.34. The van der Waals surface area contributed by atoms with E-state index in [-0.39, 0.29) is 5.91 Å². The van der Waals surface area contributed by atoms with Crippen LogP contribution in [-0.4, -0.2) is 42.4 Å². The van der Waals surface area contributed by atoms with Crippen molar-refractivity contribution in [2.75, 3.05) is 19.6 Å². The predicted octanol–water partition coefficient (Wildman–Crippen LogP) is -0.281. The Kier molecular flexibility index (Phi) is 4.52. The summed E-state index contributed by atoms with van der Waals surface area (Å²) in [5.74, 6) is -0.595. The normalized spacial score (nSPS) is 19.2. The molecule has 1 atom stereocenters. The average Bonchev–Trinajstić information content (AvgIpc) is 2.46. The summed E-state index contributed by atoms with van der Waals surface area (Å²) in [4.78, 5) is 25.0. The molecule has 19 heavy (non-hydrogen) atoms. The van der Waals surface area contributed by atoms with Gasteiger partial charge in [0.25, 0.3) is 0 Å². The first kappa shape index (κ1) is 13.5. The maximum Gasteiger partial charge on any atom is 0.241 e. The molecule has 0 spiro atoms. The number of amides is 2. The van der Waals surface area contributed by atoms with E-state index in [1.807, 2.05) is 30.3 Å². The fourth-order valence-corrected chi connectivity index (χ4v) is 2.16. The second-order valence-corrected chi connectivity index (χ2v) is 4.55. The van der Waals surface area contributed by atoms with E-state index in [1.165, 1.54) is 0 Å². The minimum Gasteiger partial charge on any atom is -0.368 e. The molecule has 0 bridgehead atoms. The summed E-state index contributed by atoms with van der Waals surface area (Å²) in [5, 5.41) is 3.07. The van der Waals surface area contributed by atoms with Crippen LogP contribution in [0.25, 0.3) is 0 Å². The van der Waals surface area contributed by atoms with E-state index in [2.05, 4.69) is 5.32 Å². The lowest BCUT2D eigenvalue weighted by atomic mass is 10.1. The van der Waals surface area contributed by atoms with Crippen molar-refractivity contribution in [1.82, 2.24) is 10.2 Å². The highest BCUT2D eigenvalue weighted by Crippen LogP contribution is 2.08. The number of nitrogens with zero attached hydrogens (tertiary/aromatic N) is 1. The van der Waals surface area contributed by atoms with Crippen molar-refractivity contribution in [1.29, 1.82) is 0 Å². The van der Waals surface area contributed by atoms with Gasteiger partial charge in [-0.2, -0.15) is 0 Å². The van der Waals surface area contributed by atoms with Crippen molar-refractivity contribution in [3.05, 3.63) is 42.3 Å². The van der Waals surface area contributed by atoms with Crippen molar-refractivity contribution in [3.8, 4) is 0 Å². The predicted molar refractivity (Wildman–Crippen MR) is 72.0 cm³/mol. The molecular weight excluding hydrogens is 242 g/mol. The Balaban J connectivity index is 1.93. The van der Waals surface area contributed by atoms with Crippen LogP contribution in [0.2, 0.25) is 0 Å². The first-order chi connectivity index (χ1) is 9.18. The molecule has 1 aliphatic rings. The van der Waals surface area contributed by atoms with Crippen LogP contribution < -0.4 is 11.1 Å². The number of benzene rings is 1. The number of carbonyl (C=O) groups excluding carboxylic acids is 2. The van der Waals surface area contributed by atoms with Gasteiger partial charge in [-0.1, -0.05) is 30.3 Å². The molecular formula is C14H18N3O2. The summed E-state index contributed by atoms with van der Waals surface area (Å²) in [5.41, 5.74) is 6.39. The first-order valence-electron chi connectivity index (χ1n) is 6.36. The topological polar surface area (TPSA) is 75.4 Å². The van der Waals surface area contributed by atoms with Gasteiger partial charge in [0.1, 0.15) is 6.04 Å². The Bertz CT molecular complexity index is 447. The maximum absolute atomic E-state index is 12.1. The van der Waals surface area contributed by atoms with Gasteiger partial charge < -0.3 is 16.0 Å². The number of nitrogens with two attached hydrogens (primary N) is 1. The fraction of sp³-hybridized carbons (Fsp3) is 0.357. The molecule has 0 aromatic heterocycles. The maximum atomic E-state index is 12.1. The van der Waals surface area contributed by atoms with Crippen LogP contribution in [-0.2, 0) is 16.0 Å². The SMILES string of the molecule is NC(=O)C1CNCCN1C(=O)[CH]Cc1ccccc1. The molecule has 1 unspecified atom stereocenters. The third-order valence-corrected chi connectivity index (χ3v) is 3.21. The van der Waals surface area contributed by atoms with Gasteiger partial charge in [-0.3, -0.25) is 9.59 Å². The largest absolute Gasteiger partial charge is 0.368 e. The van der Waals surface area contributed by atoms with Crippen LogP contribution in [0.4, 0.5) is 0 Å². The summed E-state index contributed by atoms with van der Waals surface area (Å²) >= 11 is 0. The zero-order chi connectivity index (χ0) is 13.7. The monoisotopic (exact) mass is 260 g/mol. The highest BCUT2D eigenvalue weighted by molar-refractivity contribution is 5.91. The summed E-state index contributed by atoms with van der Waals surface area (Å²) < 4.78 is 0. The molecule has 1 radical (unpaired) electrons. The molecule has 1 fully saturated rings. The van der Waals surface area contributed by atoms with Crippen LogP contribution in [0.5, 0.6) is 0 Å². The summed E-state index contributed by atoms with van der Waals surface area (Å²) in [6.07, 6.45) is 2.17. The van der Waals surface area contributed by atoms with E-state index in [4.69, 9.17) is 5.73 Å². The summed E-state index contributed by atoms with van der Waals surface area (Å²) in [6.45, 7) is 1.63. The Labute approximate surface area is 112 Å². The molecule has 1 aromatic rings. The highest BCUT2D eigenvalue weighted by Gasteiger charge is 2.30. The number of primary amides is 1. The van der Waals surface area contributed by atoms with Crippen LogP contribution in [0, 0.1) is 6.42 Å². The van der Waals surface area contributed by atoms with Gasteiger partial charge in [0.05, 0.1) is 6.42 Å². The first-order valence-corrected chi connectivity index (χ1v) is 6.36. The molecule has 1 aromatic carbocycles. The molecule has 2 rings (SSSR count). The number of nitrogens with one attached hydrogen (secondary N) is 1. The zero-order valence-electron chi connectivity index (χ0n) is 10.7. The molecule has 1 heterocycles. The molecule has 0 saturated carbocycles. The fourth-order valence-electron chi connectivity index (χ4n) is 2.16. The van der Waals surface area contributed by atoms with Crippen molar-refractivity contribution in [2.45, 2.75) is 12.5 Å². The van der Waals surface area contributed by atoms with Gasteiger partial charge in [0.15, 0.2) is 0 Å². The Morgan fingerprint density at radius 1 is 1.37 bits per heavy atom. The standard InChI is InChI=1S/C14H18N3O2/c15-14(19)12-10-16-8-9-17(12)13(18)7-6-11-4-2-1-3-5-11/h1-5,7,12,16H,6,8-10H2,(H2,15,19). The average molecular weight is 260 g/mol. The Morgan fingerprint density at radius 3 is 2.79 bits per heavy atom. The van der Waals surface area contributed by atoms with E-state index in [9.17, 15) is 9.59 Å². The van der Waals surface area contributed by atoms with E-state index in [1.54, 1.807) is 11.3 Å². The van der Waals surface area contributed by atoms with Crippen molar-refractivity contribution in [2.24, 2.45) is 5.73 Å². The quantitative estimate of drug-likeness (QED) is 0.782. The Hall–Kier alpha value is -1.88. The molecule has 5 nitrogen and oxygen atoms in total. The molecule has 3 N–H and O–H groups in total. The minimum absolute atomic E-state index is 0.130. The van der Waals surface area contributed by atoms with Gasteiger partial charge >= 0.3 is 0 Å². The molecule has 1 saturated heterocycles. The van der Waals surface area contributed by atoms with Gasteiger partial charge in [0.2, 0.25) is 11.8 Å². The Morgan fingerprint density at radius 2 is 2.11 bits per heavy atom. The van der Waals surface area contributed by atoms with Crippen LogP contribution in [0.1, 0.15) is 5.56 Å². The summed E-state index contributed by atoms with van der Waals surface area (Å²) in [6, 6.07) is 9.19. The molecule has 1 aliphatic heterocycles. The number of hydrogen-bond donors (Lipinski definition) is 2. The molecule has 0 aliphatic carbocycles. The summed E-state index contributed by atoms with van der Waals surface area (Å²) in [7, 11) is 0. The third-order valence-electron chi connectivity index (χ3n) is 3.21. The van der Waals surface area contributed by atoms with E-state index in [0.717, 1.165) is 5.56 Å². The van der Waals surface area contributed by atoms with Crippen LogP contribution in [0.15, 0.2) is 30.3 Å². The number of hydrogen-bond acceptors (Lipinski definition) is 3. The van der Waals surface area contributed by atoms with Gasteiger partial charge in [-0.15, -0.1) is 0 Å². The van der Waals surface area contributed by atoms with E-state index in [0.29, 0.717) is 26.1 Å². The number of carbonyl (C=O) groups is 2. The number of piperazine rings is 1. The molecule has 101 valence electrons. The zero-order valence-corrected chi connectivity index (χ0v) is 10.7. The van der Waals surface area contributed by atoms with Gasteiger partial charge in [0, 0.05) is 19.6 Å². The lowest BCUT2D eigenvalue weighted by molar-refractivity contribution is -0.137. The van der Waals surface area contributed by atoms with Crippen LogP contribution in [0.3, 0.4) is 0 Å². The minimum atomic E-state index is -0.548. The van der Waals surface area contributed by atoms with Crippen molar-refractivity contribution in [3.63, 3.8) is 0 Å².